The second-order valence-electron chi connectivity index (χ2n) is 5.79. The highest BCUT2D eigenvalue weighted by Gasteiger charge is 2.39. The molecule has 0 aromatic carbocycles. The lowest BCUT2D eigenvalue weighted by molar-refractivity contribution is 0.725. The van der Waals surface area contributed by atoms with Crippen molar-refractivity contribution in [2.45, 2.75) is 0 Å². The van der Waals surface area contributed by atoms with Crippen LogP contribution < -0.4 is 0 Å². The summed E-state index contributed by atoms with van der Waals surface area (Å²) >= 11 is 0. The topological polar surface area (TPSA) is 0 Å². The SMILES string of the molecule is C1=CC2=CC=CC3=C4C=CC=C5C=CC=C(C(=C1)C23)C54. The van der Waals surface area contributed by atoms with Crippen LogP contribution in [0.4, 0.5) is 0 Å². The first kappa shape index (κ1) is 10.4. The molecule has 5 aliphatic carbocycles. The van der Waals surface area contributed by atoms with Crippen molar-refractivity contribution in [2.75, 3.05) is 0 Å². The number of fused-ring (bicyclic) bond motifs is 1. The fourth-order valence-corrected chi connectivity index (χ4v) is 4.04. The van der Waals surface area contributed by atoms with Crippen molar-refractivity contribution in [3.63, 3.8) is 0 Å². The lowest BCUT2D eigenvalue weighted by Crippen LogP contribution is -2.29. The molecule has 2 atom stereocenters. The molecule has 2 unspecified atom stereocenters. The molecule has 0 heteroatoms. The van der Waals surface area contributed by atoms with E-state index in [0.29, 0.717) is 11.8 Å². The average Bonchev–Trinajstić information content (AvgIpc) is 2.52. The first-order valence-electron chi connectivity index (χ1n) is 7.21. The fourth-order valence-electron chi connectivity index (χ4n) is 4.04. The number of rotatable bonds is 0. The van der Waals surface area contributed by atoms with Crippen LogP contribution in [0.3, 0.4) is 0 Å². The molecule has 5 aliphatic rings. The highest BCUT2D eigenvalue weighted by molar-refractivity contribution is 5.70. The minimum atomic E-state index is 0.443. The van der Waals surface area contributed by atoms with Crippen LogP contribution in [0.15, 0.2) is 106 Å². The molecule has 0 aromatic rings. The Morgan fingerprint density at radius 2 is 0.950 bits per heavy atom. The molecule has 0 N–H and O–H groups in total. The highest BCUT2D eigenvalue weighted by Crippen LogP contribution is 2.52. The molecule has 0 aliphatic heterocycles. The maximum absolute atomic E-state index is 2.30. The molecule has 0 amide bonds. The Hall–Kier alpha value is -2.34. The third-order valence-corrected chi connectivity index (χ3v) is 4.84. The normalized spacial score (nSPS) is 31.2. The largest absolute Gasteiger partial charge is 0.0616 e. The van der Waals surface area contributed by atoms with Crippen molar-refractivity contribution < 1.29 is 0 Å². The van der Waals surface area contributed by atoms with E-state index in [2.05, 4.69) is 72.9 Å². The zero-order valence-electron chi connectivity index (χ0n) is 11.1. The molecule has 94 valence electrons. The summed E-state index contributed by atoms with van der Waals surface area (Å²) in [5, 5.41) is 0. The zero-order valence-corrected chi connectivity index (χ0v) is 11.1. The Labute approximate surface area is 118 Å². The molecular weight excluding hydrogens is 240 g/mol. The summed E-state index contributed by atoms with van der Waals surface area (Å²) in [5.41, 5.74) is 8.78. The summed E-state index contributed by atoms with van der Waals surface area (Å²) in [6.45, 7) is 0. The molecule has 0 nitrogen and oxygen atoms in total. The monoisotopic (exact) mass is 254 g/mol. The fraction of sp³-hybridized carbons (Fsp3) is 0.100. The third kappa shape index (κ3) is 1.17. The Kier molecular flexibility index (Phi) is 1.88. The van der Waals surface area contributed by atoms with Gasteiger partial charge in [0.25, 0.3) is 0 Å². The van der Waals surface area contributed by atoms with Crippen LogP contribution in [0.1, 0.15) is 0 Å². The van der Waals surface area contributed by atoms with Gasteiger partial charge in [-0.25, -0.2) is 0 Å². The maximum Gasteiger partial charge on any atom is 0.0346 e. The van der Waals surface area contributed by atoms with E-state index >= 15 is 0 Å². The smallest absolute Gasteiger partial charge is 0.0346 e. The van der Waals surface area contributed by atoms with Gasteiger partial charge in [-0.05, 0) is 33.4 Å². The van der Waals surface area contributed by atoms with E-state index in [1.807, 2.05) is 0 Å². The van der Waals surface area contributed by atoms with Gasteiger partial charge in [0.2, 0.25) is 0 Å². The van der Waals surface area contributed by atoms with Crippen LogP contribution in [0.5, 0.6) is 0 Å². The molecule has 20 heavy (non-hydrogen) atoms. The van der Waals surface area contributed by atoms with E-state index in [1.54, 1.807) is 0 Å². The predicted octanol–water partition coefficient (Wildman–Crippen LogP) is 4.51. The van der Waals surface area contributed by atoms with Crippen LogP contribution in [0.2, 0.25) is 0 Å². The third-order valence-electron chi connectivity index (χ3n) is 4.84. The minimum Gasteiger partial charge on any atom is -0.0616 e. The molecule has 0 saturated heterocycles. The van der Waals surface area contributed by atoms with Crippen molar-refractivity contribution in [1.82, 2.24) is 0 Å². The summed E-state index contributed by atoms with van der Waals surface area (Å²) in [5.74, 6) is 0.885. The molecule has 0 bridgehead atoms. The molecule has 0 radical (unpaired) electrons. The van der Waals surface area contributed by atoms with Gasteiger partial charge in [-0.1, -0.05) is 72.9 Å². The quantitative estimate of drug-likeness (QED) is 0.596. The second-order valence-corrected chi connectivity index (χ2v) is 5.79. The summed E-state index contributed by atoms with van der Waals surface area (Å²) < 4.78 is 0. The number of hydrogen-bond donors (Lipinski definition) is 0. The van der Waals surface area contributed by atoms with Gasteiger partial charge in [0, 0.05) is 11.8 Å². The van der Waals surface area contributed by atoms with Gasteiger partial charge in [-0.2, -0.15) is 0 Å². The summed E-state index contributed by atoms with van der Waals surface area (Å²) in [4.78, 5) is 0. The van der Waals surface area contributed by atoms with Gasteiger partial charge < -0.3 is 0 Å². The molecule has 5 rings (SSSR count). The summed E-state index contributed by atoms with van der Waals surface area (Å²) in [7, 11) is 0. The Balaban J connectivity index is 1.88. The van der Waals surface area contributed by atoms with E-state index < -0.39 is 0 Å². The van der Waals surface area contributed by atoms with Gasteiger partial charge in [-0.15, -0.1) is 0 Å². The first-order valence-corrected chi connectivity index (χ1v) is 7.21. The summed E-state index contributed by atoms with van der Waals surface area (Å²) in [6, 6.07) is 0. The molecule has 0 spiro atoms. The van der Waals surface area contributed by atoms with Crippen LogP contribution in [0, 0.1) is 11.8 Å². The molecule has 0 fully saturated rings. The molecular formula is C20H14. The lowest BCUT2D eigenvalue weighted by Gasteiger charge is -2.42. The zero-order chi connectivity index (χ0) is 13.1. The Bertz CT molecular complexity index is 727. The van der Waals surface area contributed by atoms with E-state index in [1.165, 1.54) is 33.4 Å². The van der Waals surface area contributed by atoms with Crippen LogP contribution in [-0.2, 0) is 0 Å². The van der Waals surface area contributed by atoms with Crippen LogP contribution >= 0.6 is 0 Å². The maximum atomic E-state index is 2.30. The molecule has 0 aromatic heterocycles. The number of hydrogen-bond acceptors (Lipinski definition) is 0. The van der Waals surface area contributed by atoms with Crippen molar-refractivity contribution in [3.05, 3.63) is 106 Å². The summed E-state index contributed by atoms with van der Waals surface area (Å²) in [6.07, 6.45) is 27.0. The average molecular weight is 254 g/mol. The standard InChI is InChI=1S/C20H14/c1-5-13-6-2-11-17-18-12-4-8-14-7-3-10-16(20(14)18)15(9-1)19(13)17/h1-12,19-20H. The predicted molar refractivity (Wildman–Crippen MR) is 82.9 cm³/mol. The van der Waals surface area contributed by atoms with Gasteiger partial charge in [0.05, 0.1) is 0 Å². The second kappa shape index (κ2) is 3.61. The van der Waals surface area contributed by atoms with Crippen molar-refractivity contribution >= 4 is 0 Å². The highest BCUT2D eigenvalue weighted by atomic mass is 14.4. The van der Waals surface area contributed by atoms with Gasteiger partial charge in [0.1, 0.15) is 0 Å². The van der Waals surface area contributed by atoms with Crippen molar-refractivity contribution in [3.8, 4) is 0 Å². The van der Waals surface area contributed by atoms with Crippen molar-refractivity contribution in [1.29, 1.82) is 0 Å². The van der Waals surface area contributed by atoms with E-state index in [-0.39, 0.29) is 0 Å². The van der Waals surface area contributed by atoms with E-state index in [9.17, 15) is 0 Å². The van der Waals surface area contributed by atoms with E-state index in [0.717, 1.165) is 0 Å². The van der Waals surface area contributed by atoms with Crippen LogP contribution in [0.25, 0.3) is 0 Å². The van der Waals surface area contributed by atoms with Gasteiger partial charge >= 0.3 is 0 Å². The number of allylic oxidation sites excluding steroid dienone is 18. The van der Waals surface area contributed by atoms with Gasteiger partial charge in [-0.3, -0.25) is 0 Å². The van der Waals surface area contributed by atoms with E-state index in [4.69, 9.17) is 0 Å². The minimum absolute atomic E-state index is 0.443. The Morgan fingerprint density at radius 1 is 0.500 bits per heavy atom. The van der Waals surface area contributed by atoms with Crippen LogP contribution in [-0.4, -0.2) is 0 Å². The van der Waals surface area contributed by atoms with Gasteiger partial charge in [0.15, 0.2) is 0 Å². The Morgan fingerprint density at radius 3 is 1.45 bits per heavy atom. The van der Waals surface area contributed by atoms with Crippen molar-refractivity contribution in [2.24, 2.45) is 11.8 Å². The molecule has 0 saturated carbocycles. The lowest BCUT2D eigenvalue weighted by atomic mass is 9.62. The molecule has 0 heterocycles. The first-order chi connectivity index (χ1) is 9.93.